The molecule has 0 saturated carbocycles. The third-order valence-electron chi connectivity index (χ3n) is 4.96. The first kappa shape index (κ1) is 24.2. The summed E-state index contributed by atoms with van der Waals surface area (Å²) >= 11 is 5.92. The van der Waals surface area contributed by atoms with Gasteiger partial charge in [-0.2, -0.15) is 0 Å². The van der Waals surface area contributed by atoms with Crippen LogP contribution >= 0.6 is 11.6 Å². The van der Waals surface area contributed by atoms with Gasteiger partial charge in [-0.25, -0.2) is 4.68 Å². The smallest absolute Gasteiger partial charge is 0.245 e. The normalized spacial score (nSPS) is 18.7. The van der Waals surface area contributed by atoms with Gasteiger partial charge in [0.25, 0.3) is 0 Å². The van der Waals surface area contributed by atoms with Gasteiger partial charge in [0.2, 0.25) is 11.8 Å². The number of halogens is 1. The molecule has 1 aromatic carbocycles. The minimum atomic E-state index is -0.621. The van der Waals surface area contributed by atoms with Crippen LogP contribution in [0.1, 0.15) is 38.4 Å². The molecule has 1 saturated heterocycles. The van der Waals surface area contributed by atoms with E-state index in [0.29, 0.717) is 36.8 Å². The van der Waals surface area contributed by atoms with Gasteiger partial charge >= 0.3 is 0 Å². The zero-order chi connectivity index (χ0) is 23.3. The fourth-order valence-corrected chi connectivity index (χ4v) is 3.80. The zero-order valence-electron chi connectivity index (χ0n) is 18.9. The maximum absolute atomic E-state index is 13.1. The van der Waals surface area contributed by atoms with Crippen molar-refractivity contribution in [3.05, 3.63) is 46.7 Å². The number of hydrogen-bond acceptors (Lipinski definition) is 6. The van der Waals surface area contributed by atoms with Crippen LogP contribution in [-0.2, 0) is 38.8 Å². The SMILES string of the molecule is COCc1cn(CC(=O)N2C[C@H](OC(C)(C)C)C[C@H]2C(=O)NCc2ccc(Cl)cc2)nn1. The van der Waals surface area contributed by atoms with Crippen LogP contribution in [0.25, 0.3) is 0 Å². The fourth-order valence-electron chi connectivity index (χ4n) is 3.68. The predicted octanol–water partition coefficient (Wildman–Crippen LogP) is 2.18. The topological polar surface area (TPSA) is 98.6 Å². The van der Waals surface area contributed by atoms with E-state index in [9.17, 15) is 9.59 Å². The number of carbonyl (C=O) groups excluding carboxylic acids is 2. The summed E-state index contributed by atoms with van der Waals surface area (Å²) in [6.45, 7) is 6.87. The molecule has 1 fully saturated rings. The van der Waals surface area contributed by atoms with Gasteiger partial charge in [-0.1, -0.05) is 28.9 Å². The molecule has 2 amide bonds. The summed E-state index contributed by atoms with van der Waals surface area (Å²) in [6.07, 6.45) is 1.86. The standard InChI is InChI=1S/C22H30ClN5O4/c1-22(2,3)32-18-9-19(21(30)24-10-15-5-7-16(23)8-6-15)28(12-18)20(29)13-27-11-17(14-31-4)25-26-27/h5-8,11,18-19H,9-10,12-14H2,1-4H3,(H,24,30)/t18-,19+/m1/s1. The molecule has 0 bridgehead atoms. The monoisotopic (exact) mass is 463 g/mol. The molecule has 1 aliphatic rings. The highest BCUT2D eigenvalue weighted by Gasteiger charge is 2.41. The zero-order valence-corrected chi connectivity index (χ0v) is 19.6. The Bertz CT molecular complexity index is 925. The second-order valence-electron chi connectivity index (χ2n) is 8.83. The van der Waals surface area contributed by atoms with E-state index in [-0.39, 0.29) is 30.1 Å². The average molecular weight is 464 g/mol. The van der Waals surface area contributed by atoms with Crippen molar-refractivity contribution < 1.29 is 19.1 Å². The number of nitrogens with zero attached hydrogens (tertiary/aromatic N) is 4. The molecule has 2 heterocycles. The fraction of sp³-hybridized carbons (Fsp3) is 0.545. The molecule has 0 spiro atoms. The molecular formula is C22H30ClN5O4. The minimum Gasteiger partial charge on any atom is -0.378 e. The summed E-state index contributed by atoms with van der Waals surface area (Å²) in [5, 5.41) is 11.5. The van der Waals surface area contributed by atoms with E-state index in [2.05, 4.69) is 15.6 Å². The number of benzene rings is 1. The highest BCUT2D eigenvalue weighted by Crippen LogP contribution is 2.25. The Hall–Kier alpha value is -2.49. The van der Waals surface area contributed by atoms with Crippen molar-refractivity contribution in [1.29, 1.82) is 0 Å². The van der Waals surface area contributed by atoms with Gasteiger partial charge < -0.3 is 19.7 Å². The molecule has 32 heavy (non-hydrogen) atoms. The molecule has 0 aliphatic carbocycles. The molecule has 2 atom stereocenters. The van der Waals surface area contributed by atoms with Crippen molar-refractivity contribution in [1.82, 2.24) is 25.2 Å². The second-order valence-corrected chi connectivity index (χ2v) is 9.27. The van der Waals surface area contributed by atoms with E-state index in [1.165, 1.54) is 4.68 Å². The summed E-state index contributed by atoms with van der Waals surface area (Å²) in [7, 11) is 1.57. The van der Waals surface area contributed by atoms with E-state index in [4.69, 9.17) is 21.1 Å². The van der Waals surface area contributed by atoms with Crippen molar-refractivity contribution in [2.75, 3.05) is 13.7 Å². The Morgan fingerprint density at radius 1 is 1.25 bits per heavy atom. The van der Waals surface area contributed by atoms with E-state index < -0.39 is 6.04 Å². The van der Waals surface area contributed by atoms with Crippen LogP contribution in [-0.4, -0.2) is 63.1 Å². The first-order valence-electron chi connectivity index (χ1n) is 10.5. The molecule has 9 nitrogen and oxygen atoms in total. The number of methoxy groups -OCH3 is 1. The maximum Gasteiger partial charge on any atom is 0.245 e. The van der Waals surface area contributed by atoms with Crippen LogP contribution in [0.2, 0.25) is 5.02 Å². The van der Waals surface area contributed by atoms with Crippen molar-refractivity contribution in [3.8, 4) is 0 Å². The Morgan fingerprint density at radius 3 is 2.62 bits per heavy atom. The first-order chi connectivity index (χ1) is 15.1. The van der Waals surface area contributed by atoms with Crippen LogP contribution in [0.15, 0.2) is 30.5 Å². The Morgan fingerprint density at radius 2 is 1.97 bits per heavy atom. The summed E-state index contributed by atoms with van der Waals surface area (Å²) in [5.74, 6) is -0.433. The number of carbonyl (C=O) groups is 2. The van der Waals surface area contributed by atoms with Crippen molar-refractivity contribution in [2.45, 2.75) is 64.6 Å². The average Bonchev–Trinajstić information content (AvgIpc) is 3.33. The number of likely N-dealkylation sites (tertiary alicyclic amines) is 1. The van der Waals surface area contributed by atoms with Gasteiger partial charge in [0, 0.05) is 31.6 Å². The van der Waals surface area contributed by atoms with Gasteiger partial charge in [0.1, 0.15) is 18.3 Å². The summed E-state index contributed by atoms with van der Waals surface area (Å²) in [6, 6.07) is 6.64. The molecule has 1 aliphatic heterocycles. The van der Waals surface area contributed by atoms with Crippen LogP contribution in [0.4, 0.5) is 0 Å². The third kappa shape index (κ3) is 6.75. The second kappa shape index (κ2) is 10.4. The van der Waals surface area contributed by atoms with Crippen molar-refractivity contribution in [3.63, 3.8) is 0 Å². The summed E-state index contributed by atoms with van der Waals surface area (Å²) < 4.78 is 12.6. The van der Waals surface area contributed by atoms with Crippen LogP contribution in [0, 0.1) is 0 Å². The Balaban J connectivity index is 1.68. The molecule has 10 heteroatoms. The number of ether oxygens (including phenoxy) is 2. The van der Waals surface area contributed by atoms with E-state index in [0.717, 1.165) is 5.56 Å². The predicted molar refractivity (Wildman–Crippen MR) is 119 cm³/mol. The Kier molecular flexibility index (Phi) is 7.86. The number of hydrogen-bond donors (Lipinski definition) is 1. The third-order valence-corrected chi connectivity index (χ3v) is 5.21. The molecule has 1 aromatic heterocycles. The van der Waals surface area contributed by atoms with Crippen LogP contribution in [0.5, 0.6) is 0 Å². The number of amides is 2. The summed E-state index contributed by atoms with van der Waals surface area (Å²) in [4.78, 5) is 27.7. The maximum atomic E-state index is 13.1. The van der Waals surface area contributed by atoms with Gasteiger partial charge in [-0.3, -0.25) is 9.59 Å². The molecule has 174 valence electrons. The van der Waals surface area contributed by atoms with Crippen molar-refractivity contribution in [2.24, 2.45) is 0 Å². The summed E-state index contributed by atoms with van der Waals surface area (Å²) in [5.41, 5.74) is 1.18. The van der Waals surface area contributed by atoms with Gasteiger partial charge in [-0.15, -0.1) is 5.10 Å². The number of nitrogens with one attached hydrogen (secondary N) is 1. The van der Waals surface area contributed by atoms with Crippen molar-refractivity contribution >= 4 is 23.4 Å². The lowest BCUT2D eigenvalue weighted by Gasteiger charge is -2.25. The van der Waals surface area contributed by atoms with Gasteiger partial charge in [0.15, 0.2) is 0 Å². The van der Waals surface area contributed by atoms with E-state index in [1.807, 2.05) is 32.9 Å². The molecule has 2 aromatic rings. The minimum absolute atomic E-state index is 0.0140. The lowest BCUT2D eigenvalue weighted by atomic mass is 10.1. The largest absolute Gasteiger partial charge is 0.378 e. The Labute approximate surface area is 193 Å². The molecule has 1 N–H and O–H groups in total. The highest BCUT2D eigenvalue weighted by atomic mass is 35.5. The number of rotatable bonds is 8. The lowest BCUT2D eigenvalue weighted by Crippen LogP contribution is -2.46. The van der Waals surface area contributed by atoms with E-state index >= 15 is 0 Å². The van der Waals surface area contributed by atoms with Gasteiger partial charge in [-0.05, 0) is 38.5 Å². The molecule has 0 unspecified atom stereocenters. The van der Waals surface area contributed by atoms with Crippen LogP contribution < -0.4 is 5.32 Å². The number of aromatic nitrogens is 3. The molecular weight excluding hydrogens is 434 g/mol. The molecule has 3 rings (SSSR count). The van der Waals surface area contributed by atoms with Crippen LogP contribution in [0.3, 0.4) is 0 Å². The molecule has 0 radical (unpaired) electrons. The van der Waals surface area contributed by atoms with Gasteiger partial charge in [0.05, 0.1) is 24.5 Å². The quantitative estimate of drug-likeness (QED) is 0.644. The first-order valence-corrected chi connectivity index (χ1v) is 10.9. The lowest BCUT2D eigenvalue weighted by molar-refractivity contribution is -0.139. The van der Waals surface area contributed by atoms with E-state index in [1.54, 1.807) is 30.3 Å². The highest BCUT2D eigenvalue weighted by molar-refractivity contribution is 6.30.